The Morgan fingerprint density at radius 1 is 0.944 bits per heavy atom. The lowest BCUT2D eigenvalue weighted by Gasteiger charge is -2.33. The first-order valence-electron chi connectivity index (χ1n) is 11.8. The van der Waals surface area contributed by atoms with Crippen LogP contribution in [-0.4, -0.2) is 35.9 Å². The number of hydrogen-bond acceptors (Lipinski definition) is 5. The van der Waals surface area contributed by atoms with Crippen LogP contribution in [0.1, 0.15) is 43.9 Å². The van der Waals surface area contributed by atoms with Crippen molar-refractivity contribution in [1.29, 1.82) is 0 Å². The number of aromatic nitrogens is 1. The van der Waals surface area contributed by atoms with Crippen molar-refractivity contribution < 1.29 is 19.1 Å². The van der Waals surface area contributed by atoms with Crippen LogP contribution in [0.25, 0.3) is 0 Å². The second-order valence-electron chi connectivity index (χ2n) is 8.65. The molecule has 8 heteroatoms. The summed E-state index contributed by atoms with van der Waals surface area (Å²) in [7, 11) is 1.57. The van der Waals surface area contributed by atoms with E-state index >= 15 is 0 Å². The smallest absolute Gasteiger partial charge is 0.248 e. The van der Waals surface area contributed by atoms with Crippen molar-refractivity contribution in [2.24, 2.45) is 0 Å². The number of carbonyl (C=O) groups is 3. The van der Waals surface area contributed by atoms with Gasteiger partial charge in [-0.3, -0.25) is 19.3 Å². The number of carbonyl (C=O) groups excluding carboxylic acids is 3. The topological polar surface area (TPSA) is 101 Å². The number of nitrogens with one attached hydrogen (secondary N) is 2. The SMILES string of the molecule is COc1ccc(C(C(=O)NC(C)C)N(C(=O)CCC(=O)Nc2ccccn2)c2ccccc2C)cc1. The fourth-order valence-electron chi connectivity index (χ4n) is 3.80. The summed E-state index contributed by atoms with van der Waals surface area (Å²) in [6, 6.07) is 18.6. The maximum Gasteiger partial charge on any atom is 0.248 e. The molecular weight excluding hydrogens is 456 g/mol. The van der Waals surface area contributed by atoms with E-state index in [2.05, 4.69) is 15.6 Å². The fourth-order valence-corrected chi connectivity index (χ4v) is 3.80. The van der Waals surface area contributed by atoms with Gasteiger partial charge in [-0.2, -0.15) is 0 Å². The summed E-state index contributed by atoms with van der Waals surface area (Å²) in [5.41, 5.74) is 2.07. The van der Waals surface area contributed by atoms with Gasteiger partial charge in [0.1, 0.15) is 17.6 Å². The van der Waals surface area contributed by atoms with Crippen LogP contribution in [0.2, 0.25) is 0 Å². The van der Waals surface area contributed by atoms with Gasteiger partial charge in [0, 0.05) is 30.8 Å². The molecule has 188 valence electrons. The summed E-state index contributed by atoms with van der Waals surface area (Å²) in [6.07, 6.45) is 1.43. The molecule has 1 heterocycles. The molecule has 1 atom stereocenters. The van der Waals surface area contributed by atoms with Gasteiger partial charge < -0.3 is 15.4 Å². The van der Waals surface area contributed by atoms with Crippen LogP contribution < -0.4 is 20.3 Å². The third-order valence-corrected chi connectivity index (χ3v) is 5.51. The van der Waals surface area contributed by atoms with Gasteiger partial charge in [-0.1, -0.05) is 36.4 Å². The van der Waals surface area contributed by atoms with E-state index < -0.39 is 6.04 Å². The van der Waals surface area contributed by atoms with Crippen LogP contribution in [0, 0.1) is 6.92 Å². The Kier molecular flexibility index (Phi) is 9.16. The molecule has 0 aliphatic heterocycles. The first-order valence-corrected chi connectivity index (χ1v) is 11.8. The highest BCUT2D eigenvalue weighted by Gasteiger charge is 2.33. The van der Waals surface area contributed by atoms with Crippen molar-refractivity contribution >= 4 is 29.2 Å². The summed E-state index contributed by atoms with van der Waals surface area (Å²) < 4.78 is 5.27. The summed E-state index contributed by atoms with van der Waals surface area (Å²) in [5.74, 6) is 0.0594. The van der Waals surface area contributed by atoms with E-state index in [0.29, 0.717) is 22.8 Å². The van der Waals surface area contributed by atoms with E-state index in [0.717, 1.165) is 5.56 Å². The standard InChI is InChI=1S/C28H32N4O4/c1-19(2)30-28(35)27(21-12-14-22(36-4)15-13-21)32(23-10-6-5-9-20(23)3)26(34)17-16-25(33)31-24-11-7-8-18-29-24/h5-15,18-19,27H,16-17H2,1-4H3,(H,30,35)(H,29,31,33). The van der Waals surface area contributed by atoms with Gasteiger partial charge in [0.25, 0.3) is 0 Å². The molecule has 3 amide bonds. The van der Waals surface area contributed by atoms with Crippen molar-refractivity contribution in [3.63, 3.8) is 0 Å². The molecule has 0 saturated heterocycles. The van der Waals surface area contributed by atoms with Gasteiger partial charge in [0.15, 0.2) is 0 Å². The van der Waals surface area contributed by atoms with Crippen LogP contribution in [0.4, 0.5) is 11.5 Å². The lowest BCUT2D eigenvalue weighted by atomic mass is 10.0. The minimum absolute atomic E-state index is 0.0566. The minimum Gasteiger partial charge on any atom is -0.497 e. The molecule has 2 aromatic carbocycles. The number of anilines is 2. The number of rotatable bonds is 10. The number of pyridine rings is 1. The highest BCUT2D eigenvalue weighted by molar-refractivity contribution is 6.03. The number of ether oxygens (including phenoxy) is 1. The number of methoxy groups -OCH3 is 1. The van der Waals surface area contributed by atoms with Crippen molar-refractivity contribution in [2.45, 2.75) is 45.7 Å². The van der Waals surface area contributed by atoms with E-state index in [1.54, 1.807) is 61.8 Å². The first kappa shape index (κ1) is 26.4. The zero-order chi connectivity index (χ0) is 26.1. The molecule has 0 saturated carbocycles. The third-order valence-electron chi connectivity index (χ3n) is 5.51. The van der Waals surface area contributed by atoms with Gasteiger partial charge in [-0.05, 0) is 62.2 Å². The normalized spacial score (nSPS) is 11.5. The highest BCUT2D eigenvalue weighted by Crippen LogP contribution is 2.32. The molecule has 0 aliphatic carbocycles. The predicted octanol–water partition coefficient (Wildman–Crippen LogP) is 4.42. The third kappa shape index (κ3) is 6.91. The van der Waals surface area contributed by atoms with Crippen LogP contribution in [0.15, 0.2) is 72.9 Å². The van der Waals surface area contributed by atoms with Crippen LogP contribution >= 0.6 is 0 Å². The van der Waals surface area contributed by atoms with E-state index in [1.807, 2.05) is 39.0 Å². The lowest BCUT2D eigenvalue weighted by Crippen LogP contribution is -2.46. The number of nitrogens with zero attached hydrogens (tertiary/aromatic N) is 2. The van der Waals surface area contributed by atoms with Crippen LogP contribution in [-0.2, 0) is 14.4 Å². The fraction of sp³-hybridized carbons (Fsp3) is 0.286. The van der Waals surface area contributed by atoms with Crippen LogP contribution in [0.3, 0.4) is 0 Å². The van der Waals surface area contributed by atoms with Crippen molar-refractivity contribution in [3.05, 3.63) is 84.1 Å². The molecule has 3 rings (SSSR count). The Hall–Kier alpha value is -4.20. The molecule has 0 bridgehead atoms. The van der Waals surface area contributed by atoms with Gasteiger partial charge in [-0.25, -0.2) is 4.98 Å². The minimum atomic E-state index is -0.939. The van der Waals surface area contributed by atoms with Crippen molar-refractivity contribution in [3.8, 4) is 5.75 Å². The summed E-state index contributed by atoms with van der Waals surface area (Å²) in [6.45, 7) is 5.62. The zero-order valence-electron chi connectivity index (χ0n) is 21.0. The zero-order valence-corrected chi connectivity index (χ0v) is 21.0. The van der Waals surface area contributed by atoms with Crippen molar-refractivity contribution in [2.75, 3.05) is 17.3 Å². The largest absolute Gasteiger partial charge is 0.497 e. The maximum absolute atomic E-state index is 13.7. The quantitative estimate of drug-likeness (QED) is 0.440. The number of aryl methyl sites for hydroxylation is 1. The van der Waals surface area contributed by atoms with E-state index in [-0.39, 0.29) is 36.6 Å². The molecular formula is C28H32N4O4. The molecule has 1 aromatic heterocycles. The van der Waals surface area contributed by atoms with Crippen molar-refractivity contribution in [1.82, 2.24) is 10.3 Å². The van der Waals surface area contributed by atoms with E-state index in [1.165, 1.54) is 4.90 Å². The Bertz CT molecular complexity index is 1180. The van der Waals surface area contributed by atoms with Gasteiger partial charge >= 0.3 is 0 Å². The average molecular weight is 489 g/mol. The maximum atomic E-state index is 13.7. The monoisotopic (exact) mass is 488 g/mol. The highest BCUT2D eigenvalue weighted by atomic mass is 16.5. The second-order valence-corrected chi connectivity index (χ2v) is 8.65. The Labute approximate surface area is 211 Å². The van der Waals surface area contributed by atoms with Gasteiger partial charge in [0.2, 0.25) is 17.7 Å². The van der Waals surface area contributed by atoms with Gasteiger partial charge in [-0.15, -0.1) is 0 Å². The summed E-state index contributed by atoms with van der Waals surface area (Å²) in [5, 5.41) is 5.64. The van der Waals surface area contributed by atoms with E-state index in [4.69, 9.17) is 4.74 Å². The molecule has 8 nitrogen and oxygen atoms in total. The number of amides is 3. The average Bonchev–Trinajstić information content (AvgIpc) is 2.86. The summed E-state index contributed by atoms with van der Waals surface area (Å²) in [4.78, 5) is 45.3. The lowest BCUT2D eigenvalue weighted by molar-refractivity contribution is -0.127. The predicted molar refractivity (Wildman–Crippen MR) is 140 cm³/mol. The Balaban J connectivity index is 1.95. The molecule has 0 spiro atoms. The number of benzene rings is 2. The van der Waals surface area contributed by atoms with E-state index in [9.17, 15) is 14.4 Å². The molecule has 0 aliphatic rings. The molecule has 1 unspecified atom stereocenters. The van der Waals surface area contributed by atoms with Crippen LogP contribution in [0.5, 0.6) is 5.75 Å². The molecule has 0 fully saturated rings. The van der Waals surface area contributed by atoms with Gasteiger partial charge in [0.05, 0.1) is 7.11 Å². The Morgan fingerprint density at radius 3 is 2.25 bits per heavy atom. The number of para-hydroxylation sites is 1. The Morgan fingerprint density at radius 2 is 1.64 bits per heavy atom. The first-order chi connectivity index (χ1) is 17.3. The molecule has 0 radical (unpaired) electrons. The number of hydrogen-bond donors (Lipinski definition) is 2. The molecule has 3 aromatic rings. The molecule has 2 N–H and O–H groups in total. The second kappa shape index (κ2) is 12.5. The summed E-state index contributed by atoms with van der Waals surface area (Å²) >= 11 is 0. The molecule has 36 heavy (non-hydrogen) atoms.